The molecule has 0 unspecified atom stereocenters. The normalized spacial score (nSPS) is 12.8. The molecule has 8 aromatic rings. The summed E-state index contributed by atoms with van der Waals surface area (Å²) in [7, 11) is 0. The van der Waals surface area contributed by atoms with Gasteiger partial charge in [-0.2, -0.15) is 0 Å². The Hall–Kier alpha value is -9.92. The van der Waals surface area contributed by atoms with E-state index in [-0.39, 0.29) is 0 Å². The second-order valence-electron chi connectivity index (χ2n) is 26.1. The van der Waals surface area contributed by atoms with Crippen LogP contribution >= 0.6 is 0 Å². The predicted octanol–water partition coefficient (Wildman–Crippen LogP) is 24.9. The molecule has 0 saturated carbocycles. The van der Waals surface area contributed by atoms with Gasteiger partial charge in [0.1, 0.15) is 0 Å². The zero-order chi connectivity index (χ0) is 65.9. The number of aryl methyl sites for hydroxylation is 4. The Morgan fingerprint density at radius 3 is 0.646 bits per heavy atom. The lowest BCUT2D eigenvalue weighted by molar-refractivity contribution is 0.632. The van der Waals surface area contributed by atoms with Crippen molar-refractivity contribution in [3.8, 4) is 69.6 Å². The van der Waals surface area contributed by atoms with E-state index in [1.807, 2.05) is 0 Å². The molecule has 0 N–H and O–H groups in total. The second kappa shape index (κ2) is 35.5. The highest BCUT2D eigenvalue weighted by Crippen LogP contribution is 2.48. The standard InChI is InChI=1S/C96H92/c1-5-9-13-17-25-37-73-49-65-87-88-66-50-74(38-26-18-14-10-6-2)70-92(88)95(91(87)69-73)85-61-57-81(77-41-29-21-30-42-77)53-55-83(79-45-33-23-34-46-79)59-63-86(64-60-84(80-47-35-24-36-48-80)56-54-82(58-62-85)78-43-31-22-32-44-78)96-93-71-75(39-27-19-15-11-7-3)51-67-89(93)90-68-52-76(72-94(90)96)40-28-20-16-12-8-4/h21-24,29-36,41-52,65-72H,5-20,25-28,37-40H2,1-4H3. The van der Waals surface area contributed by atoms with Gasteiger partial charge in [0.2, 0.25) is 0 Å². The third kappa shape index (κ3) is 17.9. The van der Waals surface area contributed by atoms with Crippen LogP contribution in [0, 0.1) is 47.4 Å². The van der Waals surface area contributed by atoms with Crippen LogP contribution in [0.2, 0.25) is 0 Å². The van der Waals surface area contributed by atoms with Crippen LogP contribution in [0.15, 0.2) is 228 Å². The van der Waals surface area contributed by atoms with Crippen LogP contribution in [-0.4, -0.2) is 0 Å². The zero-order valence-corrected chi connectivity index (χ0v) is 57.4. The number of benzene rings is 8. The fraction of sp³-hybridized carbons (Fsp3) is 0.292. The van der Waals surface area contributed by atoms with E-state index < -0.39 is 0 Å². The van der Waals surface area contributed by atoms with Crippen molar-refractivity contribution in [3.05, 3.63) is 295 Å². The van der Waals surface area contributed by atoms with Crippen molar-refractivity contribution < 1.29 is 0 Å². The first-order valence-corrected chi connectivity index (χ1v) is 36.3. The monoisotopic (exact) mass is 1240 g/mol. The quantitative estimate of drug-likeness (QED) is 0.0260. The molecule has 476 valence electrons. The fourth-order valence-electron chi connectivity index (χ4n) is 13.5. The summed E-state index contributed by atoms with van der Waals surface area (Å²) in [5.74, 6) is 30.3. The molecule has 0 aromatic heterocycles. The summed E-state index contributed by atoms with van der Waals surface area (Å²) in [6.45, 7) is 9.15. The summed E-state index contributed by atoms with van der Waals surface area (Å²) in [6, 6.07) is 70.2. The maximum Gasteiger partial charge on any atom is 0.0836 e. The molecule has 8 aromatic carbocycles. The van der Waals surface area contributed by atoms with Crippen molar-refractivity contribution in [1.29, 1.82) is 0 Å². The lowest BCUT2D eigenvalue weighted by Crippen LogP contribution is -1.93. The molecule has 0 atom stereocenters. The van der Waals surface area contributed by atoms with Crippen molar-refractivity contribution in [1.82, 2.24) is 0 Å². The Morgan fingerprint density at radius 2 is 0.427 bits per heavy atom. The number of allylic oxidation sites excluding steroid dienone is 6. The fourth-order valence-corrected chi connectivity index (χ4v) is 13.5. The van der Waals surface area contributed by atoms with Crippen molar-refractivity contribution in [2.24, 2.45) is 0 Å². The molecule has 11 rings (SSSR count). The van der Waals surface area contributed by atoms with E-state index in [4.69, 9.17) is 0 Å². The van der Waals surface area contributed by atoms with Gasteiger partial charge in [-0.3, -0.25) is 0 Å². The summed E-state index contributed by atoms with van der Waals surface area (Å²) >= 11 is 0. The van der Waals surface area contributed by atoms with Crippen molar-refractivity contribution in [2.45, 2.75) is 182 Å². The van der Waals surface area contributed by atoms with Crippen LogP contribution in [0.25, 0.3) is 55.7 Å². The zero-order valence-electron chi connectivity index (χ0n) is 57.4. The van der Waals surface area contributed by atoms with E-state index in [0.717, 1.165) is 95.9 Å². The molecular weight excluding hydrogens is 1150 g/mol. The van der Waals surface area contributed by atoms with Gasteiger partial charge in [-0.25, -0.2) is 0 Å². The van der Waals surface area contributed by atoms with Gasteiger partial charge >= 0.3 is 0 Å². The predicted molar refractivity (Wildman–Crippen MR) is 410 cm³/mol. The molecule has 0 fully saturated rings. The highest BCUT2D eigenvalue weighted by atomic mass is 14.3. The molecule has 0 radical (unpaired) electrons. The molecule has 96 heavy (non-hydrogen) atoms. The smallest absolute Gasteiger partial charge is 0.0654 e. The van der Waals surface area contributed by atoms with Crippen LogP contribution < -0.4 is 0 Å². The maximum atomic E-state index is 3.82. The van der Waals surface area contributed by atoms with Gasteiger partial charge in [0.05, 0.1) is 33.4 Å². The number of unbranched alkanes of at least 4 members (excludes halogenated alkanes) is 16. The highest BCUT2D eigenvalue weighted by molar-refractivity contribution is 6.07. The number of fused-ring (bicyclic) bond motifs is 6. The summed E-state index contributed by atoms with van der Waals surface area (Å²) < 4.78 is 0. The Bertz CT molecular complexity index is 4000. The van der Waals surface area contributed by atoms with Crippen molar-refractivity contribution in [3.63, 3.8) is 0 Å². The van der Waals surface area contributed by atoms with E-state index >= 15 is 0 Å². The number of hydrogen-bond donors (Lipinski definition) is 0. The largest absolute Gasteiger partial charge is 0.0836 e. The topological polar surface area (TPSA) is 0 Å². The first kappa shape index (κ1) is 67.5. The number of hydrogen-bond acceptors (Lipinski definition) is 0. The van der Waals surface area contributed by atoms with Gasteiger partial charge in [0, 0.05) is 11.1 Å². The Kier molecular flexibility index (Phi) is 25.0. The molecule has 0 bridgehead atoms. The Morgan fingerprint density at radius 1 is 0.208 bits per heavy atom. The summed E-state index contributed by atoms with van der Waals surface area (Å²) in [4.78, 5) is 0. The van der Waals surface area contributed by atoms with E-state index in [1.165, 1.54) is 169 Å². The molecule has 0 aliphatic heterocycles. The first-order chi connectivity index (χ1) is 47.5. The third-order valence-corrected chi connectivity index (χ3v) is 18.9. The van der Waals surface area contributed by atoms with Crippen LogP contribution in [0.4, 0.5) is 0 Å². The van der Waals surface area contributed by atoms with Crippen molar-refractivity contribution in [2.75, 3.05) is 0 Å². The number of rotatable bonds is 28. The minimum atomic E-state index is 0.683. The summed E-state index contributed by atoms with van der Waals surface area (Å²) in [5.41, 5.74) is 39.7. The minimum absolute atomic E-state index is 0.683. The van der Waals surface area contributed by atoms with E-state index in [2.05, 4.69) is 292 Å². The van der Waals surface area contributed by atoms with Crippen LogP contribution in [0.1, 0.15) is 223 Å². The third-order valence-electron chi connectivity index (χ3n) is 18.9. The molecule has 0 amide bonds. The van der Waals surface area contributed by atoms with E-state index in [1.54, 1.807) is 0 Å². The molecule has 0 spiro atoms. The van der Waals surface area contributed by atoms with Gasteiger partial charge < -0.3 is 0 Å². The van der Waals surface area contributed by atoms with Gasteiger partial charge in [-0.15, -0.1) is 0 Å². The molecule has 0 saturated heterocycles. The molecule has 3 aliphatic rings. The minimum Gasteiger partial charge on any atom is -0.0654 e. The summed E-state index contributed by atoms with van der Waals surface area (Å²) in [5, 5.41) is 0. The maximum absolute atomic E-state index is 3.82. The van der Waals surface area contributed by atoms with Crippen LogP contribution in [0.5, 0.6) is 0 Å². The molecule has 3 aliphatic carbocycles. The highest BCUT2D eigenvalue weighted by Gasteiger charge is 2.29. The van der Waals surface area contributed by atoms with Crippen molar-refractivity contribution >= 4 is 33.4 Å². The first-order valence-electron chi connectivity index (χ1n) is 36.3. The molecule has 0 heterocycles. The van der Waals surface area contributed by atoms with Crippen LogP contribution in [-0.2, 0) is 25.7 Å². The molecular formula is C96H92. The molecule has 0 heteroatoms. The lowest BCUT2D eigenvalue weighted by Gasteiger charge is -2.09. The average molecular weight is 1250 g/mol. The second-order valence-corrected chi connectivity index (χ2v) is 26.1. The van der Waals surface area contributed by atoms with Gasteiger partial charge in [-0.1, -0.05) is 395 Å². The SMILES string of the molecule is CCCCCCCc1ccc2c(c1)C(=C1C#CC(c3ccccc3)=C=C=C(c3ccccc3)C#CC(=C3c4cc(CCCCCCC)ccc4-c4ccc(CCCCCCC)cc43)C#CC(c3ccccc3)=C=C=C(c3ccccc3)C#C1)c1cc(CCCCCCC)ccc1-2. The summed E-state index contributed by atoms with van der Waals surface area (Å²) in [6.07, 6.45) is 28.6. The van der Waals surface area contributed by atoms with E-state index in [9.17, 15) is 0 Å². The van der Waals surface area contributed by atoms with Gasteiger partial charge in [-0.05, 0) is 140 Å². The van der Waals surface area contributed by atoms with E-state index in [0.29, 0.717) is 22.3 Å². The van der Waals surface area contributed by atoms with Gasteiger partial charge in [0.15, 0.2) is 0 Å². The average Bonchev–Trinajstić information content (AvgIpc) is 1.60. The Labute approximate surface area is 576 Å². The molecule has 0 nitrogen and oxygen atoms in total. The van der Waals surface area contributed by atoms with Crippen LogP contribution in [0.3, 0.4) is 0 Å². The Balaban J connectivity index is 1.22. The van der Waals surface area contributed by atoms with Gasteiger partial charge in [0.25, 0.3) is 0 Å². The lowest BCUT2D eigenvalue weighted by atomic mass is 9.93.